The summed E-state index contributed by atoms with van der Waals surface area (Å²) in [5.74, 6) is -0.149. The van der Waals surface area contributed by atoms with Gasteiger partial charge in [-0.05, 0) is 31.0 Å². The van der Waals surface area contributed by atoms with Crippen LogP contribution in [0, 0.1) is 0 Å². The number of hydrogen-bond acceptors (Lipinski definition) is 4. The number of aldehydes is 1. The number of amides is 1. The van der Waals surface area contributed by atoms with E-state index < -0.39 is 5.72 Å². The molecular formula is C14H17BrN2O3. The standard InChI is InChI=1S/C14H17BrN2O3/c1-14(20)12(4-5-13(19)17-14)16-7-10-6-11(15)3-2-9(10)8-18/h2-3,6,8,12,16,20H,4-5,7H2,1H3,(H,17,19)/t12?,14-/m0/s1. The van der Waals surface area contributed by atoms with Crippen LogP contribution in [-0.4, -0.2) is 29.1 Å². The summed E-state index contributed by atoms with van der Waals surface area (Å²) in [6.45, 7) is 2.02. The average Bonchev–Trinajstić information content (AvgIpc) is 2.37. The first kappa shape index (κ1) is 15.2. The van der Waals surface area contributed by atoms with Gasteiger partial charge in [-0.1, -0.05) is 22.0 Å². The number of hydrogen-bond donors (Lipinski definition) is 3. The van der Waals surface area contributed by atoms with Crippen LogP contribution < -0.4 is 10.6 Å². The summed E-state index contributed by atoms with van der Waals surface area (Å²) in [5, 5.41) is 16.0. The third kappa shape index (κ3) is 3.45. The lowest BCUT2D eigenvalue weighted by Gasteiger charge is -2.38. The van der Waals surface area contributed by atoms with Gasteiger partial charge in [-0.2, -0.15) is 0 Å². The molecule has 1 heterocycles. The third-order valence-electron chi connectivity index (χ3n) is 3.50. The minimum Gasteiger partial charge on any atom is -0.370 e. The Morgan fingerprint density at radius 1 is 1.60 bits per heavy atom. The van der Waals surface area contributed by atoms with E-state index in [9.17, 15) is 14.7 Å². The van der Waals surface area contributed by atoms with Gasteiger partial charge in [-0.25, -0.2) is 0 Å². The van der Waals surface area contributed by atoms with Gasteiger partial charge in [0, 0.05) is 23.0 Å². The van der Waals surface area contributed by atoms with Crippen LogP contribution in [0.15, 0.2) is 22.7 Å². The molecule has 1 aromatic rings. The highest BCUT2D eigenvalue weighted by atomic mass is 79.9. The molecule has 1 aromatic carbocycles. The molecule has 0 aliphatic carbocycles. The largest absolute Gasteiger partial charge is 0.370 e. The van der Waals surface area contributed by atoms with Crippen LogP contribution >= 0.6 is 15.9 Å². The summed E-state index contributed by atoms with van der Waals surface area (Å²) < 4.78 is 0.892. The first-order valence-electron chi connectivity index (χ1n) is 6.43. The van der Waals surface area contributed by atoms with Gasteiger partial charge in [-0.3, -0.25) is 9.59 Å². The summed E-state index contributed by atoms with van der Waals surface area (Å²) in [7, 11) is 0. The second kappa shape index (κ2) is 6.03. The highest BCUT2D eigenvalue weighted by Gasteiger charge is 2.37. The Labute approximate surface area is 125 Å². The molecule has 0 bridgehead atoms. The fourth-order valence-corrected chi connectivity index (χ4v) is 2.77. The molecule has 0 radical (unpaired) electrons. The van der Waals surface area contributed by atoms with Crippen molar-refractivity contribution in [1.82, 2.24) is 10.6 Å². The third-order valence-corrected chi connectivity index (χ3v) is 4.00. The molecule has 3 N–H and O–H groups in total. The van der Waals surface area contributed by atoms with Crippen LogP contribution in [0.1, 0.15) is 35.7 Å². The predicted molar refractivity (Wildman–Crippen MR) is 78.2 cm³/mol. The molecule has 0 spiro atoms. The van der Waals surface area contributed by atoms with Crippen molar-refractivity contribution < 1.29 is 14.7 Å². The number of aliphatic hydroxyl groups is 1. The van der Waals surface area contributed by atoms with Gasteiger partial charge in [0.2, 0.25) is 5.91 Å². The van der Waals surface area contributed by atoms with E-state index >= 15 is 0 Å². The maximum absolute atomic E-state index is 11.3. The van der Waals surface area contributed by atoms with Gasteiger partial charge < -0.3 is 15.7 Å². The molecule has 1 fully saturated rings. The molecule has 108 valence electrons. The van der Waals surface area contributed by atoms with E-state index in [-0.39, 0.29) is 11.9 Å². The number of carbonyl (C=O) groups excluding carboxylic acids is 2. The molecular weight excluding hydrogens is 324 g/mol. The molecule has 0 saturated carbocycles. The van der Waals surface area contributed by atoms with Crippen molar-refractivity contribution in [3.8, 4) is 0 Å². The summed E-state index contributed by atoms with van der Waals surface area (Å²) >= 11 is 3.37. The zero-order chi connectivity index (χ0) is 14.8. The van der Waals surface area contributed by atoms with Gasteiger partial charge >= 0.3 is 0 Å². The molecule has 2 rings (SSSR count). The fourth-order valence-electron chi connectivity index (χ4n) is 2.36. The Bertz CT molecular complexity index is 531. The van der Waals surface area contributed by atoms with Gasteiger partial charge in [0.05, 0.1) is 6.04 Å². The Hall–Kier alpha value is -1.24. The van der Waals surface area contributed by atoms with E-state index in [1.54, 1.807) is 13.0 Å². The van der Waals surface area contributed by atoms with Crippen molar-refractivity contribution in [2.75, 3.05) is 0 Å². The normalized spacial score (nSPS) is 26.1. The van der Waals surface area contributed by atoms with Crippen molar-refractivity contribution in [2.45, 2.75) is 38.1 Å². The molecule has 1 aliphatic rings. The van der Waals surface area contributed by atoms with E-state index in [1.807, 2.05) is 12.1 Å². The zero-order valence-corrected chi connectivity index (χ0v) is 12.7. The molecule has 1 aliphatic heterocycles. The number of benzene rings is 1. The van der Waals surface area contributed by atoms with Crippen LogP contribution in [-0.2, 0) is 11.3 Å². The zero-order valence-electron chi connectivity index (χ0n) is 11.1. The van der Waals surface area contributed by atoms with Crippen LogP contribution in [0.5, 0.6) is 0 Å². The molecule has 1 amide bonds. The summed E-state index contributed by atoms with van der Waals surface area (Å²) in [4.78, 5) is 22.3. The highest BCUT2D eigenvalue weighted by molar-refractivity contribution is 9.10. The number of nitrogens with one attached hydrogen (secondary N) is 2. The van der Waals surface area contributed by atoms with E-state index in [0.29, 0.717) is 24.9 Å². The lowest BCUT2D eigenvalue weighted by molar-refractivity contribution is -0.135. The van der Waals surface area contributed by atoms with Gasteiger partial charge in [0.1, 0.15) is 12.0 Å². The summed E-state index contributed by atoms with van der Waals surface area (Å²) in [6.07, 6.45) is 1.75. The smallest absolute Gasteiger partial charge is 0.222 e. The molecule has 20 heavy (non-hydrogen) atoms. The van der Waals surface area contributed by atoms with Gasteiger partial charge in [-0.15, -0.1) is 0 Å². The summed E-state index contributed by atoms with van der Waals surface area (Å²) in [5.41, 5.74) is 0.185. The van der Waals surface area contributed by atoms with Crippen molar-refractivity contribution in [1.29, 1.82) is 0 Å². The van der Waals surface area contributed by atoms with Crippen molar-refractivity contribution in [3.05, 3.63) is 33.8 Å². The van der Waals surface area contributed by atoms with E-state index in [0.717, 1.165) is 16.3 Å². The summed E-state index contributed by atoms with van der Waals surface area (Å²) in [6, 6.07) is 5.17. The van der Waals surface area contributed by atoms with E-state index in [2.05, 4.69) is 26.6 Å². The average molecular weight is 341 g/mol. The minimum absolute atomic E-state index is 0.149. The van der Waals surface area contributed by atoms with Gasteiger partial charge in [0.25, 0.3) is 0 Å². The topological polar surface area (TPSA) is 78.4 Å². The Kier molecular flexibility index (Phi) is 4.57. The Balaban J connectivity index is 2.07. The lowest BCUT2D eigenvalue weighted by atomic mass is 9.95. The van der Waals surface area contributed by atoms with Crippen molar-refractivity contribution in [3.63, 3.8) is 0 Å². The molecule has 6 heteroatoms. The lowest BCUT2D eigenvalue weighted by Crippen LogP contribution is -2.62. The Morgan fingerprint density at radius 3 is 3.00 bits per heavy atom. The minimum atomic E-state index is -1.28. The maximum atomic E-state index is 11.3. The van der Waals surface area contributed by atoms with Crippen LogP contribution in [0.4, 0.5) is 0 Å². The molecule has 0 aromatic heterocycles. The van der Waals surface area contributed by atoms with Crippen molar-refractivity contribution in [2.24, 2.45) is 0 Å². The van der Waals surface area contributed by atoms with Crippen LogP contribution in [0.2, 0.25) is 0 Å². The fraction of sp³-hybridized carbons (Fsp3) is 0.429. The molecule has 5 nitrogen and oxygen atoms in total. The molecule has 2 atom stereocenters. The highest BCUT2D eigenvalue weighted by Crippen LogP contribution is 2.20. The van der Waals surface area contributed by atoms with E-state index in [1.165, 1.54) is 0 Å². The van der Waals surface area contributed by atoms with E-state index in [4.69, 9.17) is 0 Å². The first-order chi connectivity index (χ1) is 9.42. The monoisotopic (exact) mass is 340 g/mol. The number of carbonyl (C=O) groups is 2. The second-order valence-electron chi connectivity index (χ2n) is 5.13. The number of piperidine rings is 1. The maximum Gasteiger partial charge on any atom is 0.222 e. The van der Waals surface area contributed by atoms with Crippen molar-refractivity contribution >= 4 is 28.1 Å². The molecule has 1 unspecified atom stereocenters. The van der Waals surface area contributed by atoms with Crippen LogP contribution in [0.25, 0.3) is 0 Å². The van der Waals surface area contributed by atoms with Gasteiger partial charge in [0.15, 0.2) is 0 Å². The SMILES string of the molecule is C[C@@]1(O)NC(=O)CCC1NCc1cc(Br)ccc1C=O. The number of rotatable bonds is 4. The number of halogens is 1. The Morgan fingerprint density at radius 2 is 2.35 bits per heavy atom. The van der Waals surface area contributed by atoms with Crippen LogP contribution in [0.3, 0.4) is 0 Å². The first-order valence-corrected chi connectivity index (χ1v) is 7.22. The molecule has 1 saturated heterocycles. The quantitative estimate of drug-likeness (QED) is 0.722. The predicted octanol–water partition coefficient (Wildman–Crippen LogP) is 1.34. The second-order valence-corrected chi connectivity index (χ2v) is 6.04.